The molecule has 0 bridgehead atoms. The number of piperidine rings is 1. The maximum atomic E-state index is 12.7. The first-order valence-electron chi connectivity index (χ1n) is 10.2. The fourth-order valence-electron chi connectivity index (χ4n) is 3.79. The average molecular weight is 417 g/mol. The van der Waals surface area contributed by atoms with Crippen molar-refractivity contribution in [3.63, 3.8) is 0 Å². The summed E-state index contributed by atoms with van der Waals surface area (Å²) in [5.74, 6) is 0.199. The molecule has 4 aromatic heterocycles. The van der Waals surface area contributed by atoms with Gasteiger partial charge in [-0.25, -0.2) is 9.97 Å². The Balaban J connectivity index is 1.33. The Labute approximate surface area is 178 Å². The van der Waals surface area contributed by atoms with Crippen LogP contribution in [0.25, 0.3) is 22.3 Å². The highest BCUT2D eigenvalue weighted by Crippen LogP contribution is 2.22. The second-order valence-corrected chi connectivity index (χ2v) is 7.93. The van der Waals surface area contributed by atoms with Crippen molar-refractivity contribution in [2.75, 3.05) is 25.5 Å². The van der Waals surface area contributed by atoms with Crippen LogP contribution < -0.4 is 5.32 Å². The first-order valence-corrected chi connectivity index (χ1v) is 10.2. The fraction of sp³-hybridized carbons (Fsp3) is 0.333. The van der Waals surface area contributed by atoms with Crippen molar-refractivity contribution in [1.82, 2.24) is 39.6 Å². The predicted octanol–water partition coefficient (Wildman–Crippen LogP) is 2.14. The molecule has 31 heavy (non-hydrogen) atoms. The first-order chi connectivity index (χ1) is 15.0. The van der Waals surface area contributed by atoms with Gasteiger partial charge in [-0.3, -0.25) is 14.2 Å². The van der Waals surface area contributed by atoms with Gasteiger partial charge in [0.25, 0.3) is 5.91 Å². The number of likely N-dealkylation sites (tertiary alicyclic amines) is 1. The molecule has 5 rings (SSSR count). The van der Waals surface area contributed by atoms with Gasteiger partial charge in [0.15, 0.2) is 0 Å². The van der Waals surface area contributed by atoms with Crippen LogP contribution in [-0.4, -0.2) is 65.7 Å². The summed E-state index contributed by atoms with van der Waals surface area (Å²) < 4.78 is 3.54. The highest BCUT2D eigenvalue weighted by atomic mass is 16.1. The van der Waals surface area contributed by atoms with E-state index in [1.54, 1.807) is 29.3 Å². The summed E-state index contributed by atoms with van der Waals surface area (Å²) in [7, 11) is 3.93. The minimum atomic E-state index is -0.240. The Morgan fingerprint density at radius 1 is 1.10 bits per heavy atom. The topological polar surface area (TPSA) is 107 Å². The molecule has 1 amide bonds. The van der Waals surface area contributed by atoms with E-state index in [1.807, 2.05) is 30.1 Å². The molecule has 1 fully saturated rings. The lowest BCUT2D eigenvalue weighted by molar-refractivity contribution is 0.102. The van der Waals surface area contributed by atoms with Gasteiger partial charge >= 0.3 is 0 Å². The van der Waals surface area contributed by atoms with E-state index in [4.69, 9.17) is 0 Å². The number of carbonyl (C=O) groups is 1. The number of aryl methyl sites for hydroxylation is 1. The van der Waals surface area contributed by atoms with Gasteiger partial charge in [0.2, 0.25) is 0 Å². The van der Waals surface area contributed by atoms with Crippen molar-refractivity contribution in [1.29, 1.82) is 0 Å². The largest absolute Gasteiger partial charge is 0.306 e. The van der Waals surface area contributed by atoms with Crippen molar-refractivity contribution >= 4 is 22.6 Å². The van der Waals surface area contributed by atoms with Gasteiger partial charge in [-0.15, -0.1) is 5.10 Å². The summed E-state index contributed by atoms with van der Waals surface area (Å²) in [6.45, 7) is 2.08. The summed E-state index contributed by atoms with van der Waals surface area (Å²) in [6, 6.07) is 5.90. The van der Waals surface area contributed by atoms with Crippen LogP contribution in [0.1, 0.15) is 29.2 Å². The molecule has 0 aliphatic carbocycles. The second kappa shape index (κ2) is 7.88. The SMILES string of the molecule is CN1CCC(n2cc(C(=O)Nc3cc4nc(-c5cn(C)nn5)ccc4cn3)cn2)CC1. The van der Waals surface area contributed by atoms with Crippen LogP contribution in [-0.2, 0) is 7.05 Å². The molecular formula is C21H23N9O. The van der Waals surface area contributed by atoms with Crippen molar-refractivity contribution in [2.45, 2.75) is 18.9 Å². The second-order valence-electron chi connectivity index (χ2n) is 7.93. The minimum absolute atomic E-state index is 0.240. The highest BCUT2D eigenvalue weighted by Gasteiger charge is 2.20. The van der Waals surface area contributed by atoms with Crippen LogP contribution in [0.2, 0.25) is 0 Å². The van der Waals surface area contributed by atoms with Crippen molar-refractivity contribution < 1.29 is 4.79 Å². The molecule has 0 aromatic carbocycles. The van der Waals surface area contributed by atoms with Crippen LogP contribution in [0, 0.1) is 0 Å². The summed E-state index contributed by atoms with van der Waals surface area (Å²) in [5.41, 5.74) is 2.63. The third-order valence-corrected chi connectivity index (χ3v) is 5.61. The molecule has 0 saturated carbocycles. The van der Waals surface area contributed by atoms with Crippen LogP contribution in [0.3, 0.4) is 0 Å². The normalized spacial score (nSPS) is 15.4. The number of rotatable bonds is 4. The van der Waals surface area contributed by atoms with E-state index in [0.29, 0.717) is 28.8 Å². The molecule has 4 aromatic rings. The third kappa shape index (κ3) is 4.02. The van der Waals surface area contributed by atoms with E-state index < -0.39 is 0 Å². The lowest BCUT2D eigenvalue weighted by atomic mass is 10.1. The molecule has 158 valence electrons. The Morgan fingerprint density at radius 2 is 1.94 bits per heavy atom. The summed E-state index contributed by atoms with van der Waals surface area (Å²) in [6.07, 6.45) is 8.99. The van der Waals surface area contributed by atoms with Crippen LogP contribution in [0.5, 0.6) is 0 Å². The molecule has 0 unspecified atom stereocenters. The van der Waals surface area contributed by atoms with Crippen LogP contribution in [0.15, 0.2) is 43.0 Å². The third-order valence-electron chi connectivity index (χ3n) is 5.61. The van der Waals surface area contributed by atoms with E-state index in [1.165, 1.54) is 0 Å². The monoisotopic (exact) mass is 417 g/mol. The maximum Gasteiger partial charge on any atom is 0.260 e. The number of nitrogens with zero attached hydrogens (tertiary/aromatic N) is 8. The zero-order valence-corrected chi connectivity index (χ0v) is 17.4. The molecule has 10 heteroatoms. The van der Waals surface area contributed by atoms with E-state index in [-0.39, 0.29) is 5.91 Å². The number of hydrogen-bond donors (Lipinski definition) is 1. The zero-order chi connectivity index (χ0) is 21.4. The van der Waals surface area contributed by atoms with Gasteiger partial charge < -0.3 is 10.2 Å². The van der Waals surface area contributed by atoms with Gasteiger partial charge in [0.1, 0.15) is 11.5 Å². The van der Waals surface area contributed by atoms with Crippen LogP contribution >= 0.6 is 0 Å². The lowest BCUT2D eigenvalue weighted by Crippen LogP contribution is -2.31. The van der Waals surface area contributed by atoms with Gasteiger partial charge in [-0.1, -0.05) is 5.21 Å². The van der Waals surface area contributed by atoms with Crippen molar-refractivity contribution in [3.8, 4) is 11.4 Å². The maximum absolute atomic E-state index is 12.7. The standard InChI is InChI=1S/C21H23N9O/c1-28-7-5-16(6-8-28)30-12-15(11-23-30)21(31)25-20-9-18-14(10-22-20)3-4-17(24-18)19-13-29(2)27-26-19/h3-4,9-13,16H,5-8H2,1-2H3,(H,22,25,31). The van der Waals surface area contributed by atoms with Gasteiger partial charge in [-0.2, -0.15) is 5.10 Å². The first kappa shape index (κ1) is 19.3. The van der Waals surface area contributed by atoms with Crippen molar-refractivity contribution in [2.24, 2.45) is 7.05 Å². The lowest BCUT2D eigenvalue weighted by Gasteiger charge is -2.28. The molecule has 0 spiro atoms. The Bertz CT molecular complexity index is 1240. The molecule has 1 aliphatic rings. The van der Waals surface area contributed by atoms with E-state index >= 15 is 0 Å². The number of aromatic nitrogens is 7. The summed E-state index contributed by atoms with van der Waals surface area (Å²) >= 11 is 0. The van der Waals surface area contributed by atoms with Crippen LogP contribution in [0.4, 0.5) is 5.82 Å². The average Bonchev–Trinajstić information content (AvgIpc) is 3.43. The number of nitrogens with one attached hydrogen (secondary N) is 1. The van der Waals surface area contributed by atoms with Gasteiger partial charge in [0, 0.05) is 30.9 Å². The number of carbonyl (C=O) groups excluding carboxylic acids is 1. The summed E-state index contributed by atoms with van der Waals surface area (Å²) in [4.78, 5) is 24.0. The molecule has 5 heterocycles. The smallest absolute Gasteiger partial charge is 0.260 e. The predicted molar refractivity (Wildman–Crippen MR) is 115 cm³/mol. The van der Waals surface area contributed by atoms with Gasteiger partial charge in [0.05, 0.1) is 35.2 Å². The molecule has 0 atom stereocenters. The zero-order valence-electron chi connectivity index (χ0n) is 17.4. The number of hydrogen-bond acceptors (Lipinski definition) is 7. The number of anilines is 1. The van der Waals surface area contributed by atoms with E-state index in [2.05, 4.69) is 42.6 Å². The Kier molecular flexibility index (Phi) is 4.91. The number of pyridine rings is 2. The molecule has 1 N–H and O–H groups in total. The Morgan fingerprint density at radius 3 is 2.71 bits per heavy atom. The van der Waals surface area contributed by atoms with E-state index in [9.17, 15) is 4.79 Å². The van der Waals surface area contributed by atoms with Gasteiger partial charge in [-0.05, 0) is 45.1 Å². The fourth-order valence-corrected chi connectivity index (χ4v) is 3.79. The minimum Gasteiger partial charge on any atom is -0.306 e. The molecule has 1 saturated heterocycles. The summed E-state index contributed by atoms with van der Waals surface area (Å²) in [5, 5.41) is 16.2. The number of amides is 1. The van der Waals surface area contributed by atoms with Crippen molar-refractivity contribution in [3.05, 3.63) is 48.5 Å². The number of fused-ring (bicyclic) bond motifs is 1. The molecule has 1 aliphatic heterocycles. The molecule has 0 radical (unpaired) electrons. The molecular weight excluding hydrogens is 394 g/mol. The highest BCUT2D eigenvalue weighted by molar-refractivity contribution is 6.04. The Hall–Kier alpha value is -3.66. The quantitative estimate of drug-likeness (QED) is 0.542. The van der Waals surface area contributed by atoms with E-state index in [0.717, 1.165) is 36.8 Å². The molecule has 10 nitrogen and oxygen atoms in total.